The van der Waals surface area contributed by atoms with Crippen LogP contribution in [0.4, 0.5) is 0 Å². The quantitative estimate of drug-likeness (QED) is 0.260. The highest BCUT2D eigenvalue weighted by Crippen LogP contribution is 2.29. The van der Waals surface area contributed by atoms with Crippen molar-refractivity contribution in [2.45, 2.75) is 26.8 Å². The molecule has 0 saturated heterocycles. The van der Waals surface area contributed by atoms with E-state index < -0.39 is 5.97 Å². The molecule has 118 valence electrons. The summed E-state index contributed by atoms with van der Waals surface area (Å²) in [6, 6.07) is 3.80. The van der Waals surface area contributed by atoms with Crippen LogP contribution in [0.15, 0.2) is 23.4 Å². The van der Waals surface area contributed by atoms with E-state index in [0.717, 1.165) is 16.5 Å². The first kappa shape index (κ1) is 15.8. The van der Waals surface area contributed by atoms with E-state index in [9.17, 15) is 4.79 Å². The maximum Gasteiger partial charge on any atom is 0.338 e. The number of benzene rings is 1. The van der Waals surface area contributed by atoms with Crippen molar-refractivity contribution >= 4 is 22.7 Å². The minimum absolute atomic E-state index is 0.198. The minimum Gasteiger partial charge on any atom is -0.465 e. The zero-order chi connectivity index (χ0) is 16.4. The lowest BCUT2D eigenvalue weighted by Gasteiger charge is -2.12. The average molecular weight is 303 g/mol. The molecule has 2 aromatic rings. The topological polar surface area (TPSA) is 108 Å². The second-order valence-electron chi connectivity index (χ2n) is 5.35. The van der Waals surface area contributed by atoms with Gasteiger partial charge in [-0.15, -0.1) is 5.10 Å². The van der Waals surface area contributed by atoms with E-state index in [1.54, 1.807) is 6.07 Å². The van der Waals surface area contributed by atoms with E-state index >= 15 is 0 Å². The Bertz CT molecular complexity index is 746. The van der Waals surface area contributed by atoms with Crippen LogP contribution in [0.2, 0.25) is 0 Å². The molecule has 0 aliphatic heterocycles. The number of carbonyl (C=O) groups is 1. The maximum atomic E-state index is 12.1. The summed E-state index contributed by atoms with van der Waals surface area (Å²) in [5.41, 5.74) is 11.0. The molecule has 5 N–H and O–H groups in total. The predicted molar refractivity (Wildman–Crippen MR) is 86.4 cm³/mol. The van der Waals surface area contributed by atoms with Gasteiger partial charge in [0.25, 0.3) is 0 Å². The summed E-state index contributed by atoms with van der Waals surface area (Å²) in [5.74, 6) is 4.96. The molecule has 0 aliphatic rings. The molecule has 0 aliphatic carbocycles. The van der Waals surface area contributed by atoms with E-state index in [1.165, 1.54) is 7.11 Å². The molecule has 0 saturated carbocycles. The monoisotopic (exact) mass is 303 g/mol. The number of carbonyl (C=O) groups excluding carboxylic acids is 1. The summed E-state index contributed by atoms with van der Waals surface area (Å²) in [7, 11) is 1.36. The van der Waals surface area contributed by atoms with Crippen molar-refractivity contribution in [2.24, 2.45) is 16.7 Å². The fourth-order valence-electron chi connectivity index (χ4n) is 2.57. The number of ether oxygens (including phenoxy) is 1. The van der Waals surface area contributed by atoms with Crippen LogP contribution in [0.1, 0.15) is 41.4 Å². The number of aryl methyl sites for hydroxylation is 1. The molecular formula is C15H21N5O2. The van der Waals surface area contributed by atoms with Gasteiger partial charge in [0, 0.05) is 23.2 Å². The molecule has 1 aromatic heterocycles. The Labute approximate surface area is 128 Å². The number of methoxy groups -OCH3 is 1. The van der Waals surface area contributed by atoms with Crippen LogP contribution in [0, 0.1) is 6.92 Å². The summed E-state index contributed by atoms with van der Waals surface area (Å²) >= 11 is 0. The van der Waals surface area contributed by atoms with E-state index in [4.69, 9.17) is 16.3 Å². The van der Waals surface area contributed by atoms with Gasteiger partial charge in [-0.25, -0.2) is 16.2 Å². The van der Waals surface area contributed by atoms with Gasteiger partial charge in [-0.05, 0) is 38.5 Å². The largest absolute Gasteiger partial charge is 0.465 e. The number of rotatable bonds is 4. The van der Waals surface area contributed by atoms with Crippen molar-refractivity contribution in [1.29, 1.82) is 0 Å². The lowest BCUT2D eigenvalue weighted by atomic mass is 10.0. The number of nitrogens with zero attached hydrogens (tertiary/aromatic N) is 2. The Morgan fingerprint density at radius 1 is 1.41 bits per heavy atom. The summed E-state index contributed by atoms with van der Waals surface area (Å²) in [5, 5.41) is 4.63. The van der Waals surface area contributed by atoms with Crippen molar-refractivity contribution in [2.75, 3.05) is 7.11 Å². The minimum atomic E-state index is -0.412. The van der Waals surface area contributed by atoms with Crippen LogP contribution in [-0.4, -0.2) is 23.5 Å². The molecular weight excluding hydrogens is 282 g/mol. The number of fused-ring (bicyclic) bond motifs is 1. The molecule has 0 radical (unpaired) electrons. The molecule has 0 amide bonds. The van der Waals surface area contributed by atoms with Gasteiger partial charge in [0.05, 0.1) is 18.2 Å². The third-order valence-corrected chi connectivity index (χ3v) is 3.57. The van der Waals surface area contributed by atoms with Gasteiger partial charge in [-0.1, -0.05) is 0 Å². The third kappa shape index (κ3) is 2.62. The predicted octanol–water partition coefficient (Wildman–Crippen LogP) is 1.40. The molecule has 0 unspecified atom stereocenters. The smallest absolute Gasteiger partial charge is 0.338 e. The van der Waals surface area contributed by atoms with Crippen LogP contribution in [-0.2, 0) is 4.74 Å². The van der Waals surface area contributed by atoms with Crippen LogP contribution < -0.4 is 17.1 Å². The molecule has 1 aromatic carbocycles. The Kier molecular flexibility index (Phi) is 4.37. The highest BCUT2D eigenvalue weighted by atomic mass is 16.5. The second-order valence-corrected chi connectivity index (χ2v) is 5.35. The van der Waals surface area contributed by atoms with Gasteiger partial charge in [0.2, 0.25) is 0 Å². The highest BCUT2D eigenvalue weighted by molar-refractivity contribution is 6.10. The fraction of sp³-hybridized carbons (Fsp3) is 0.333. The van der Waals surface area contributed by atoms with E-state index in [1.807, 2.05) is 19.2 Å². The van der Waals surface area contributed by atoms with Crippen LogP contribution in [0.3, 0.4) is 0 Å². The van der Waals surface area contributed by atoms with Crippen molar-refractivity contribution < 1.29 is 9.53 Å². The molecule has 0 bridgehead atoms. The van der Waals surface area contributed by atoms with Crippen molar-refractivity contribution in [3.05, 3.63) is 35.0 Å². The summed E-state index contributed by atoms with van der Waals surface area (Å²) in [6.45, 7) is 6.11. The van der Waals surface area contributed by atoms with Crippen molar-refractivity contribution in [3.8, 4) is 0 Å². The van der Waals surface area contributed by atoms with E-state index in [-0.39, 0.29) is 11.9 Å². The number of amidine groups is 1. The molecule has 0 fully saturated rings. The number of hydrazone groups is 1. The zero-order valence-corrected chi connectivity index (χ0v) is 13.2. The molecule has 2 rings (SSSR count). The van der Waals surface area contributed by atoms with Gasteiger partial charge in [0.15, 0.2) is 5.84 Å². The molecule has 22 heavy (non-hydrogen) atoms. The molecule has 0 atom stereocenters. The SMILES string of the molecule is COC(=O)c1cc(C(N)=NNN)cc2c1c(C)cn2C(C)C. The summed E-state index contributed by atoms with van der Waals surface area (Å²) < 4.78 is 6.98. The number of hydrogen-bond acceptors (Lipinski definition) is 5. The lowest BCUT2D eigenvalue weighted by molar-refractivity contribution is 0.0603. The molecule has 7 heteroatoms. The second kappa shape index (κ2) is 6.07. The van der Waals surface area contributed by atoms with Crippen LogP contribution >= 0.6 is 0 Å². The number of aromatic nitrogens is 1. The Balaban J connectivity index is 2.84. The maximum absolute atomic E-state index is 12.1. The number of nitrogens with two attached hydrogens (primary N) is 2. The fourth-order valence-corrected chi connectivity index (χ4v) is 2.57. The number of hydrogen-bond donors (Lipinski definition) is 3. The number of nitrogens with one attached hydrogen (secondary N) is 1. The van der Waals surface area contributed by atoms with Crippen LogP contribution in [0.25, 0.3) is 10.9 Å². The first-order valence-corrected chi connectivity index (χ1v) is 6.93. The summed E-state index contributed by atoms with van der Waals surface area (Å²) in [6.07, 6.45) is 2.01. The number of hydrazine groups is 1. The van der Waals surface area contributed by atoms with Gasteiger partial charge >= 0.3 is 5.97 Å². The first-order chi connectivity index (χ1) is 10.4. The van der Waals surface area contributed by atoms with E-state index in [0.29, 0.717) is 11.1 Å². The third-order valence-electron chi connectivity index (χ3n) is 3.57. The average Bonchev–Trinajstić information content (AvgIpc) is 2.83. The van der Waals surface area contributed by atoms with Crippen LogP contribution in [0.5, 0.6) is 0 Å². The Morgan fingerprint density at radius 3 is 2.64 bits per heavy atom. The van der Waals surface area contributed by atoms with Gasteiger partial charge in [-0.2, -0.15) is 0 Å². The highest BCUT2D eigenvalue weighted by Gasteiger charge is 2.19. The first-order valence-electron chi connectivity index (χ1n) is 6.93. The normalized spacial score (nSPS) is 12.0. The number of esters is 1. The zero-order valence-electron chi connectivity index (χ0n) is 13.2. The van der Waals surface area contributed by atoms with E-state index in [2.05, 4.69) is 29.1 Å². The molecule has 0 spiro atoms. The standard InChI is InChI=1S/C15H21N5O2/c1-8(2)20-7-9(3)13-11(15(21)22-4)5-10(6-12(13)20)14(16)18-19-17/h5-8,19H,17H2,1-4H3,(H2,16,18). The van der Waals surface area contributed by atoms with Gasteiger partial charge < -0.3 is 15.0 Å². The van der Waals surface area contributed by atoms with Gasteiger partial charge in [0.1, 0.15) is 0 Å². The van der Waals surface area contributed by atoms with Crippen molar-refractivity contribution in [1.82, 2.24) is 10.1 Å². The van der Waals surface area contributed by atoms with Gasteiger partial charge in [-0.3, -0.25) is 0 Å². The van der Waals surface area contributed by atoms with Crippen molar-refractivity contribution in [3.63, 3.8) is 0 Å². The Morgan fingerprint density at radius 2 is 2.09 bits per heavy atom. The molecule has 7 nitrogen and oxygen atoms in total. The lowest BCUT2D eigenvalue weighted by Crippen LogP contribution is -2.23. The molecule has 1 heterocycles. The Hall–Kier alpha value is -2.54. The summed E-state index contributed by atoms with van der Waals surface area (Å²) in [4.78, 5) is 12.1.